The van der Waals surface area contributed by atoms with Crippen molar-refractivity contribution in [1.82, 2.24) is 5.09 Å². The van der Waals surface area contributed by atoms with E-state index in [1.807, 2.05) is 0 Å². The number of carboxylic acid groups (broad SMARTS) is 2. The van der Waals surface area contributed by atoms with Gasteiger partial charge in [-0.05, 0) is 6.42 Å². The van der Waals surface area contributed by atoms with Crippen LogP contribution in [0.3, 0.4) is 0 Å². The van der Waals surface area contributed by atoms with Crippen LogP contribution in [-0.4, -0.2) is 39.2 Å². The van der Waals surface area contributed by atoms with Crippen LogP contribution in [0.15, 0.2) is 0 Å². The molecule has 0 aromatic rings. The van der Waals surface area contributed by atoms with Crippen LogP contribution in [0.4, 0.5) is 0 Å². The zero-order valence-electron chi connectivity index (χ0n) is 7.80. The predicted octanol–water partition coefficient (Wildman–Crippen LogP) is 0.218. The van der Waals surface area contributed by atoms with Crippen LogP contribution in [-0.2, 0) is 9.59 Å². The Bertz CT molecular complexity index is 210. The maximum Gasteiger partial charge on any atom is 0.321 e. The highest BCUT2D eigenvalue weighted by atomic mass is 31.2. The van der Waals surface area contributed by atoms with Crippen molar-refractivity contribution in [2.24, 2.45) is 0 Å². The minimum absolute atomic E-state index is 0.0237. The van der Waals surface area contributed by atoms with Crippen molar-refractivity contribution >= 4 is 20.2 Å². The van der Waals surface area contributed by atoms with Gasteiger partial charge in [-0.1, -0.05) is 6.92 Å². The van der Waals surface area contributed by atoms with Crippen molar-refractivity contribution < 1.29 is 24.7 Å². The third-order valence-corrected chi connectivity index (χ3v) is 2.76. The van der Waals surface area contributed by atoms with Crippen molar-refractivity contribution in [3.05, 3.63) is 0 Å². The fourth-order valence-electron chi connectivity index (χ4n) is 0.782. The van der Waals surface area contributed by atoms with E-state index in [1.165, 1.54) is 0 Å². The Morgan fingerprint density at radius 2 is 2.00 bits per heavy atom. The molecule has 0 aromatic carbocycles. The van der Waals surface area contributed by atoms with E-state index in [4.69, 9.17) is 10.2 Å². The van der Waals surface area contributed by atoms with Gasteiger partial charge in [0.15, 0.2) is 0 Å². The zero-order chi connectivity index (χ0) is 11.1. The van der Waals surface area contributed by atoms with Crippen LogP contribution in [0, 0.1) is 0 Å². The summed E-state index contributed by atoms with van der Waals surface area (Å²) in [5.74, 6) is -2.18. The number of carboxylic acids is 2. The first kappa shape index (κ1) is 13.3. The predicted molar refractivity (Wildman–Crippen MR) is 51.1 cm³/mol. The molecule has 0 spiro atoms. The van der Waals surface area contributed by atoms with Crippen LogP contribution in [0.2, 0.25) is 0 Å². The second kappa shape index (κ2) is 6.70. The van der Waals surface area contributed by atoms with E-state index < -0.39 is 26.3 Å². The summed E-state index contributed by atoms with van der Waals surface area (Å²) in [6.07, 6.45) is 0.188. The number of hydrogen-bond acceptors (Lipinski definition) is 4. The second-order valence-electron chi connectivity index (χ2n) is 2.67. The van der Waals surface area contributed by atoms with E-state index in [1.54, 1.807) is 6.92 Å². The molecule has 7 heteroatoms. The monoisotopic (exact) mass is 223 g/mol. The Balaban J connectivity index is 4.02. The van der Waals surface area contributed by atoms with Crippen molar-refractivity contribution in [3.8, 4) is 0 Å². The lowest BCUT2D eigenvalue weighted by Crippen LogP contribution is -2.34. The lowest BCUT2D eigenvalue weighted by atomic mass is 10.2. The minimum atomic E-state index is -1.50. The second-order valence-corrected chi connectivity index (χ2v) is 4.36. The third-order valence-electron chi connectivity index (χ3n) is 1.55. The van der Waals surface area contributed by atoms with Crippen LogP contribution < -0.4 is 5.09 Å². The van der Waals surface area contributed by atoms with E-state index in [-0.39, 0.29) is 12.8 Å². The molecule has 0 aliphatic rings. The SMILES string of the molecule is CCP(O)NC(CCC(=O)O)C(=O)O. The average molecular weight is 223 g/mol. The molecule has 0 aliphatic heterocycles. The summed E-state index contributed by atoms with van der Waals surface area (Å²) in [7, 11) is -1.50. The molecule has 0 radical (unpaired) electrons. The standard InChI is InChI=1S/C7H14NO5P/c1-2-14(13)8-5(7(11)12)3-4-6(9)10/h5,8,13H,2-4H2,1H3,(H,9,10)(H,11,12). The highest BCUT2D eigenvalue weighted by Crippen LogP contribution is 2.24. The molecule has 0 heterocycles. The number of nitrogens with one attached hydrogen (secondary N) is 1. The van der Waals surface area contributed by atoms with Crippen LogP contribution in [0.1, 0.15) is 19.8 Å². The van der Waals surface area contributed by atoms with Gasteiger partial charge in [0.25, 0.3) is 0 Å². The van der Waals surface area contributed by atoms with Crippen LogP contribution in [0.5, 0.6) is 0 Å². The van der Waals surface area contributed by atoms with Gasteiger partial charge >= 0.3 is 11.9 Å². The summed E-state index contributed by atoms with van der Waals surface area (Å²) in [5, 5.41) is 19.5. The van der Waals surface area contributed by atoms with Gasteiger partial charge in [0.2, 0.25) is 0 Å². The van der Waals surface area contributed by atoms with Gasteiger partial charge in [0, 0.05) is 12.6 Å². The Kier molecular flexibility index (Phi) is 6.36. The fraction of sp³-hybridized carbons (Fsp3) is 0.714. The lowest BCUT2D eigenvalue weighted by molar-refractivity contribution is -0.140. The average Bonchev–Trinajstić information content (AvgIpc) is 2.10. The summed E-state index contributed by atoms with van der Waals surface area (Å²) >= 11 is 0. The normalized spacial score (nSPS) is 14.7. The lowest BCUT2D eigenvalue weighted by Gasteiger charge is -2.16. The molecule has 6 nitrogen and oxygen atoms in total. The zero-order valence-corrected chi connectivity index (χ0v) is 8.70. The number of hydrogen-bond donors (Lipinski definition) is 4. The van der Waals surface area contributed by atoms with Gasteiger partial charge in [0.05, 0.1) is 8.30 Å². The van der Waals surface area contributed by atoms with Crippen molar-refractivity contribution in [2.45, 2.75) is 25.8 Å². The van der Waals surface area contributed by atoms with Gasteiger partial charge in [-0.25, -0.2) is 0 Å². The first-order chi connectivity index (χ1) is 6.47. The van der Waals surface area contributed by atoms with Gasteiger partial charge in [-0.2, -0.15) is 0 Å². The molecule has 14 heavy (non-hydrogen) atoms. The van der Waals surface area contributed by atoms with Gasteiger partial charge in [0.1, 0.15) is 6.04 Å². The Hall–Kier alpha value is -0.710. The van der Waals surface area contributed by atoms with E-state index >= 15 is 0 Å². The molecule has 2 unspecified atom stereocenters. The quantitative estimate of drug-likeness (QED) is 0.460. The smallest absolute Gasteiger partial charge is 0.321 e. The fourth-order valence-corrected chi connectivity index (χ4v) is 1.56. The molecule has 0 bridgehead atoms. The minimum Gasteiger partial charge on any atom is -0.481 e. The van der Waals surface area contributed by atoms with Crippen LogP contribution in [0.25, 0.3) is 0 Å². The summed E-state index contributed by atoms with van der Waals surface area (Å²) in [5.41, 5.74) is 0. The van der Waals surface area contributed by atoms with Gasteiger partial charge in [-0.3, -0.25) is 14.7 Å². The molecule has 82 valence electrons. The maximum atomic E-state index is 10.6. The Morgan fingerprint density at radius 3 is 2.36 bits per heavy atom. The molecule has 0 aliphatic carbocycles. The summed E-state index contributed by atoms with van der Waals surface area (Å²) in [6.45, 7) is 1.72. The Labute approximate surface area is 82.8 Å². The largest absolute Gasteiger partial charge is 0.481 e. The number of aliphatic carboxylic acids is 2. The van der Waals surface area contributed by atoms with Crippen molar-refractivity contribution in [1.29, 1.82) is 0 Å². The number of carbonyl (C=O) groups is 2. The number of rotatable bonds is 7. The molecule has 0 saturated heterocycles. The summed E-state index contributed by atoms with van der Waals surface area (Å²) in [6, 6.07) is -0.984. The molecule has 4 N–H and O–H groups in total. The van der Waals surface area contributed by atoms with Gasteiger partial charge in [-0.15, -0.1) is 0 Å². The first-order valence-electron chi connectivity index (χ1n) is 4.14. The topological polar surface area (TPSA) is 107 Å². The maximum absolute atomic E-state index is 10.6. The first-order valence-corrected chi connectivity index (χ1v) is 5.62. The molecule has 0 aromatic heterocycles. The highest BCUT2D eigenvalue weighted by molar-refractivity contribution is 7.49. The molecule has 0 saturated carbocycles. The van der Waals surface area contributed by atoms with Crippen LogP contribution >= 0.6 is 8.30 Å². The van der Waals surface area contributed by atoms with Gasteiger partial charge < -0.3 is 15.1 Å². The molecular weight excluding hydrogens is 209 g/mol. The molecule has 0 rings (SSSR count). The molecule has 0 amide bonds. The summed E-state index contributed by atoms with van der Waals surface area (Å²) < 4.78 is 0. The third kappa shape index (κ3) is 5.85. The molecular formula is C7H14NO5P. The van der Waals surface area contributed by atoms with E-state index in [0.29, 0.717) is 6.16 Å². The molecule has 2 atom stereocenters. The summed E-state index contributed by atoms with van der Waals surface area (Å²) in [4.78, 5) is 30.0. The van der Waals surface area contributed by atoms with E-state index in [9.17, 15) is 14.5 Å². The Morgan fingerprint density at radius 1 is 1.43 bits per heavy atom. The van der Waals surface area contributed by atoms with Crippen molar-refractivity contribution in [3.63, 3.8) is 0 Å². The van der Waals surface area contributed by atoms with Crippen molar-refractivity contribution in [2.75, 3.05) is 6.16 Å². The molecule has 0 fully saturated rings. The van der Waals surface area contributed by atoms with E-state index in [2.05, 4.69) is 5.09 Å². The van der Waals surface area contributed by atoms with E-state index in [0.717, 1.165) is 0 Å². The highest BCUT2D eigenvalue weighted by Gasteiger charge is 2.20.